The molecule has 1 aromatic carbocycles. The summed E-state index contributed by atoms with van der Waals surface area (Å²) >= 11 is 1.92. The van der Waals surface area contributed by atoms with Gasteiger partial charge >= 0.3 is 6.03 Å². The number of carbonyl (C=O) groups excluding carboxylic acids is 1. The maximum atomic E-state index is 12.4. The highest BCUT2D eigenvalue weighted by Gasteiger charge is 2.24. The molecule has 134 valence electrons. The lowest BCUT2D eigenvalue weighted by molar-refractivity contribution is 0.201. The van der Waals surface area contributed by atoms with E-state index < -0.39 is 0 Å². The minimum atomic E-state index is -0.0810. The number of hydrogen-bond acceptors (Lipinski definition) is 4. The Balaban J connectivity index is 1.47. The summed E-state index contributed by atoms with van der Waals surface area (Å²) in [4.78, 5) is 15.6. The molecule has 6 nitrogen and oxygen atoms in total. The number of urea groups is 1. The number of amides is 2. The molecular formula is C18H25N5OS. The molecule has 3 rings (SSSR count). The zero-order chi connectivity index (χ0) is 17.6. The Morgan fingerprint density at radius 2 is 2.16 bits per heavy atom. The lowest BCUT2D eigenvalue weighted by Crippen LogP contribution is -2.41. The molecule has 1 fully saturated rings. The Labute approximate surface area is 153 Å². The predicted molar refractivity (Wildman–Crippen MR) is 101 cm³/mol. The molecule has 0 atom stereocenters. The van der Waals surface area contributed by atoms with Gasteiger partial charge in [-0.2, -0.15) is 0 Å². The molecule has 1 N–H and O–H groups in total. The van der Waals surface area contributed by atoms with Gasteiger partial charge in [-0.15, -0.1) is 16.9 Å². The van der Waals surface area contributed by atoms with Crippen LogP contribution in [0.25, 0.3) is 0 Å². The largest absolute Gasteiger partial charge is 0.324 e. The number of anilines is 1. The van der Waals surface area contributed by atoms with Crippen molar-refractivity contribution in [1.29, 1.82) is 0 Å². The standard InChI is InChI=1S/C18H25N5OS/c1-3-9-23-13-17(20-21-23)19-18(24)22-10-7-15(8-11-22)25-16-6-4-5-14(2)12-16/h4-6,12-13,15H,3,7-11H2,1-2H3,(H,19,24). The Kier molecular flexibility index (Phi) is 5.96. The van der Waals surface area contributed by atoms with E-state index in [-0.39, 0.29) is 6.03 Å². The van der Waals surface area contributed by atoms with E-state index >= 15 is 0 Å². The fourth-order valence-corrected chi connectivity index (χ4v) is 4.18. The fourth-order valence-electron chi connectivity index (χ4n) is 2.94. The van der Waals surface area contributed by atoms with E-state index in [1.807, 2.05) is 16.7 Å². The third kappa shape index (κ3) is 4.98. The normalized spacial score (nSPS) is 15.4. The van der Waals surface area contributed by atoms with Gasteiger partial charge in [-0.05, 0) is 38.3 Å². The van der Waals surface area contributed by atoms with Gasteiger partial charge in [0, 0.05) is 29.8 Å². The van der Waals surface area contributed by atoms with E-state index in [2.05, 4.69) is 53.7 Å². The predicted octanol–water partition coefficient (Wildman–Crippen LogP) is 3.79. The quantitative estimate of drug-likeness (QED) is 0.882. The number of thioether (sulfide) groups is 1. The summed E-state index contributed by atoms with van der Waals surface area (Å²) in [6.07, 6.45) is 4.79. The van der Waals surface area contributed by atoms with Gasteiger partial charge in [0.15, 0.2) is 5.82 Å². The molecular weight excluding hydrogens is 334 g/mol. The number of likely N-dealkylation sites (tertiary alicyclic amines) is 1. The van der Waals surface area contributed by atoms with Crippen LogP contribution in [0.15, 0.2) is 35.4 Å². The molecule has 25 heavy (non-hydrogen) atoms. The fraction of sp³-hybridized carbons (Fsp3) is 0.500. The Bertz CT molecular complexity index is 709. The van der Waals surface area contributed by atoms with E-state index in [9.17, 15) is 4.79 Å². The molecule has 2 heterocycles. The lowest BCUT2D eigenvalue weighted by atomic mass is 10.1. The van der Waals surface area contributed by atoms with Crippen LogP contribution < -0.4 is 5.32 Å². The molecule has 2 amide bonds. The number of aryl methyl sites for hydroxylation is 2. The van der Waals surface area contributed by atoms with Gasteiger partial charge in [0.2, 0.25) is 0 Å². The van der Waals surface area contributed by atoms with E-state index in [1.54, 1.807) is 10.9 Å². The summed E-state index contributed by atoms with van der Waals surface area (Å²) in [6.45, 7) is 6.56. The second-order valence-corrected chi connectivity index (χ2v) is 7.79. The van der Waals surface area contributed by atoms with E-state index in [1.165, 1.54) is 10.5 Å². The van der Waals surface area contributed by atoms with Crippen molar-refractivity contribution in [3.8, 4) is 0 Å². The zero-order valence-electron chi connectivity index (χ0n) is 14.8. The van der Waals surface area contributed by atoms with Crippen LogP contribution in [0.3, 0.4) is 0 Å². The molecule has 7 heteroatoms. The smallest absolute Gasteiger partial charge is 0.323 e. The van der Waals surface area contributed by atoms with Crippen molar-refractivity contribution in [2.24, 2.45) is 0 Å². The van der Waals surface area contributed by atoms with Crippen LogP contribution in [0, 0.1) is 6.92 Å². The first-order valence-electron chi connectivity index (χ1n) is 8.83. The SMILES string of the molecule is CCCn1cc(NC(=O)N2CCC(Sc3cccc(C)c3)CC2)nn1. The highest BCUT2D eigenvalue weighted by atomic mass is 32.2. The third-order valence-corrected chi connectivity index (χ3v) is 5.58. The van der Waals surface area contributed by atoms with Gasteiger partial charge in [-0.3, -0.25) is 10.00 Å². The van der Waals surface area contributed by atoms with Crippen molar-refractivity contribution in [1.82, 2.24) is 19.9 Å². The third-order valence-electron chi connectivity index (χ3n) is 4.25. The highest BCUT2D eigenvalue weighted by Crippen LogP contribution is 2.30. The van der Waals surface area contributed by atoms with Gasteiger partial charge in [0.05, 0.1) is 6.20 Å². The topological polar surface area (TPSA) is 63.1 Å². The van der Waals surface area contributed by atoms with Crippen LogP contribution in [-0.4, -0.2) is 44.3 Å². The maximum absolute atomic E-state index is 12.4. The Morgan fingerprint density at radius 3 is 2.88 bits per heavy atom. The van der Waals surface area contributed by atoms with Crippen molar-refractivity contribution >= 4 is 23.6 Å². The van der Waals surface area contributed by atoms with Crippen molar-refractivity contribution in [3.05, 3.63) is 36.0 Å². The van der Waals surface area contributed by atoms with Gasteiger partial charge < -0.3 is 4.90 Å². The summed E-state index contributed by atoms with van der Waals surface area (Å²) < 4.78 is 1.75. The summed E-state index contributed by atoms with van der Waals surface area (Å²) in [5.74, 6) is 0.523. The van der Waals surface area contributed by atoms with E-state index in [0.29, 0.717) is 11.1 Å². The summed E-state index contributed by atoms with van der Waals surface area (Å²) in [6, 6.07) is 8.53. The second kappa shape index (κ2) is 8.38. The van der Waals surface area contributed by atoms with Crippen molar-refractivity contribution in [2.75, 3.05) is 18.4 Å². The van der Waals surface area contributed by atoms with Crippen LogP contribution in [0.5, 0.6) is 0 Å². The first-order chi connectivity index (χ1) is 12.1. The van der Waals surface area contributed by atoms with Crippen LogP contribution >= 0.6 is 11.8 Å². The zero-order valence-corrected chi connectivity index (χ0v) is 15.6. The number of benzene rings is 1. The first-order valence-corrected chi connectivity index (χ1v) is 9.71. The average Bonchev–Trinajstić information content (AvgIpc) is 3.03. The molecule has 2 aromatic rings. The summed E-state index contributed by atoms with van der Waals surface area (Å²) in [5, 5.41) is 11.4. The number of piperidine rings is 1. The molecule has 0 unspecified atom stereocenters. The van der Waals surface area contributed by atoms with Gasteiger partial charge in [0.25, 0.3) is 0 Å². The number of nitrogens with zero attached hydrogens (tertiary/aromatic N) is 4. The van der Waals surface area contributed by atoms with Crippen molar-refractivity contribution in [2.45, 2.75) is 49.8 Å². The lowest BCUT2D eigenvalue weighted by Gasteiger charge is -2.31. The minimum absolute atomic E-state index is 0.0810. The number of carbonyl (C=O) groups is 1. The molecule has 1 aliphatic rings. The number of nitrogens with one attached hydrogen (secondary N) is 1. The van der Waals surface area contributed by atoms with Crippen LogP contribution in [-0.2, 0) is 6.54 Å². The monoisotopic (exact) mass is 359 g/mol. The van der Waals surface area contributed by atoms with Gasteiger partial charge in [-0.1, -0.05) is 29.8 Å². The molecule has 0 saturated carbocycles. The van der Waals surface area contributed by atoms with Crippen LogP contribution in [0.1, 0.15) is 31.7 Å². The molecule has 0 spiro atoms. The molecule has 0 bridgehead atoms. The van der Waals surface area contributed by atoms with Crippen molar-refractivity contribution < 1.29 is 4.79 Å². The number of rotatable bonds is 5. The summed E-state index contributed by atoms with van der Waals surface area (Å²) in [7, 11) is 0. The Hall–Kier alpha value is -2.02. The average molecular weight is 359 g/mol. The molecule has 1 saturated heterocycles. The van der Waals surface area contributed by atoms with E-state index in [0.717, 1.165) is 38.9 Å². The van der Waals surface area contributed by atoms with Crippen LogP contribution in [0.2, 0.25) is 0 Å². The molecule has 1 aliphatic heterocycles. The Morgan fingerprint density at radius 1 is 1.36 bits per heavy atom. The maximum Gasteiger partial charge on any atom is 0.323 e. The first kappa shape index (κ1) is 17.8. The minimum Gasteiger partial charge on any atom is -0.324 e. The second-order valence-electron chi connectivity index (χ2n) is 6.42. The molecule has 1 aromatic heterocycles. The van der Waals surface area contributed by atoms with Gasteiger partial charge in [0.1, 0.15) is 0 Å². The van der Waals surface area contributed by atoms with E-state index in [4.69, 9.17) is 0 Å². The van der Waals surface area contributed by atoms with Crippen molar-refractivity contribution in [3.63, 3.8) is 0 Å². The molecule has 0 aliphatic carbocycles. The summed E-state index contributed by atoms with van der Waals surface area (Å²) in [5.41, 5.74) is 1.29. The van der Waals surface area contributed by atoms with Gasteiger partial charge in [-0.25, -0.2) is 4.79 Å². The highest BCUT2D eigenvalue weighted by molar-refractivity contribution is 8.00. The van der Waals surface area contributed by atoms with Crippen LogP contribution in [0.4, 0.5) is 10.6 Å². The number of hydrogen-bond donors (Lipinski definition) is 1. The molecule has 0 radical (unpaired) electrons. The number of aromatic nitrogens is 3.